The van der Waals surface area contributed by atoms with Crippen molar-refractivity contribution in [2.45, 2.75) is 0 Å². The molecule has 0 spiro atoms. The third-order valence-electron chi connectivity index (χ3n) is 0. The molecule has 0 amide bonds. The average molecular weight is 279 g/mol. The second kappa shape index (κ2) is 28.0. The molecule has 0 aliphatic carbocycles. The molecule has 26 valence electrons. The van der Waals surface area contributed by atoms with E-state index >= 15 is 0 Å². The summed E-state index contributed by atoms with van der Waals surface area (Å²) < 4.78 is 0. The van der Waals surface area contributed by atoms with Crippen LogP contribution in [-0.2, 0) is 0 Å². The zero-order valence-electron chi connectivity index (χ0n) is 1.02. The molecule has 0 aromatic rings. The molecule has 0 aromatic heterocycles. The molecule has 0 bridgehead atoms. The minimum atomic E-state index is 0. The molecule has 0 atom stereocenters. The van der Waals surface area contributed by atoms with Crippen molar-refractivity contribution in [3.05, 3.63) is 0 Å². The predicted octanol–water partition coefficient (Wildman–Crippen LogP) is -3.07. The first kappa shape index (κ1) is 24.5. The van der Waals surface area contributed by atoms with Crippen LogP contribution in [-0.4, -0.2) is 78.1 Å². The van der Waals surface area contributed by atoms with Crippen molar-refractivity contribution in [2.24, 2.45) is 0 Å². The van der Waals surface area contributed by atoms with Crippen molar-refractivity contribution in [1.82, 2.24) is 0 Å². The first-order valence-corrected chi connectivity index (χ1v) is 2.32. The van der Waals surface area contributed by atoms with Gasteiger partial charge in [0.15, 0.2) is 17.4 Å². The number of hydrogen-bond donors (Lipinski definition) is 0. The Labute approximate surface area is 84.1 Å². The SMILES string of the molecule is [AlH3].[Al]#[P].[GaH3].[InH3]. The van der Waals surface area contributed by atoms with Crippen LogP contribution in [0.5, 0.6) is 0 Å². The maximum absolute atomic E-state index is 3.44. The Morgan fingerprint density at radius 3 is 1.20 bits per heavy atom. The Bertz CT molecular complexity index is 14.4. The van der Waals surface area contributed by atoms with Crippen molar-refractivity contribution in [3.63, 3.8) is 0 Å². The molecule has 0 heterocycles. The summed E-state index contributed by atoms with van der Waals surface area (Å²) in [5, 5.41) is 0. The first-order valence-electron chi connectivity index (χ1n) is 0.258. The quantitative estimate of drug-likeness (QED) is 0.326. The molecule has 5 heavy (non-hydrogen) atoms. The van der Waals surface area contributed by atoms with Crippen LogP contribution >= 0.6 is 7.23 Å². The predicted molar refractivity (Wildman–Crippen MR) is 42.5 cm³/mol. The molecule has 0 saturated carbocycles. The molecule has 0 unspecified atom stereocenters. The molecule has 0 nitrogen and oxygen atoms in total. The second-order valence-corrected chi connectivity index (χ2v) is 0. The normalized spacial score (nSPS) is 1.00. The van der Waals surface area contributed by atoms with Gasteiger partial charge < -0.3 is 0 Å². The van der Waals surface area contributed by atoms with E-state index in [-0.39, 0.29) is 63.0 Å². The summed E-state index contributed by atoms with van der Waals surface area (Å²) in [4.78, 5) is 0. The Morgan fingerprint density at radius 1 is 1.20 bits per heavy atom. The van der Waals surface area contributed by atoms with Gasteiger partial charge in [0.1, 0.15) is 0 Å². The van der Waals surface area contributed by atoms with Gasteiger partial charge in [-0.3, -0.25) is 0 Å². The average Bonchev–Trinajstić information content (AvgIpc) is 1.00. The van der Waals surface area contributed by atoms with E-state index < -0.39 is 0 Å². The van der Waals surface area contributed by atoms with E-state index in [1.165, 1.54) is 0 Å². The van der Waals surface area contributed by atoms with E-state index in [4.69, 9.17) is 0 Å². The zero-order chi connectivity index (χ0) is 2.00. The van der Waals surface area contributed by atoms with Crippen LogP contribution in [0.4, 0.5) is 0 Å². The summed E-state index contributed by atoms with van der Waals surface area (Å²) in [7, 11) is 3.44. The van der Waals surface area contributed by atoms with E-state index in [0.717, 1.165) is 0 Å². The van der Waals surface area contributed by atoms with Crippen LogP contribution in [0.1, 0.15) is 0 Å². The van der Waals surface area contributed by atoms with Crippen LogP contribution in [0.3, 0.4) is 0 Å². The molecule has 0 aromatic carbocycles. The molecule has 0 N–H and O–H groups in total. The summed E-state index contributed by atoms with van der Waals surface area (Å²) in [6, 6.07) is 0. The number of rotatable bonds is 0. The summed E-state index contributed by atoms with van der Waals surface area (Å²) in [6.45, 7) is 0. The van der Waals surface area contributed by atoms with Crippen molar-refractivity contribution >= 4 is 85.4 Å². The van der Waals surface area contributed by atoms with Gasteiger partial charge in [-0.15, -0.1) is 0 Å². The topological polar surface area (TPSA) is 0 Å². The van der Waals surface area contributed by atoms with E-state index in [1.54, 1.807) is 0 Å². The monoisotopic (exact) mass is 278 g/mol. The molecule has 0 saturated heterocycles. The summed E-state index contributed by atoms with van der Waals surface area (Å²) in [5.41, 5.74) is 0. The fourth-order valence-corrected chi connectivity index (χ4v) is 0. The first-order chi connectivity index (χ1) is 1.00. The van der Waals surface area contributed by atoms with E-state index in [2.05, 4.69) is 22.4 Å². The Balaban J connectivity index is -0.00000000167. The molecule has 0 aliphatic rings. The van der Waals surface area contributed by atoms with E-state index in [9.17, 15) is 0 Å². The van der Waals surface area contributed by atoms with E-state index in [1.807, 2.05) is 0 Å². The van der Waals surface area contributed by atoms with Crippen molar-refractivity contribution < 1.29 is 0 Å². The summed E-state index contributed by atoms with van der Waals surface area (Å²) in [5.74, 6) is 0. The van der Waals surface area contributed by atoms with Crippen LogP contribution in [0.2, 0.25) is 0 Å². The third-order valence-corrected chi connectivity index (χ3v) is 0. The molecule has 5 heteroatoms. The summed E-state index contributed by atoms with van der Waals surface area (Å²) in [6.07, 6.45) is 0. The van der Waals surface area contributed by atoms with Crippen molar-refractivity contribution in [3.8, 4) is 0 Å². The minimum absolute atomic E-state index is 0. The van der Waals surface area contributed by atoms with Crippen molar-refractivity contribution in [2.75, 3.05) is 0 Å². The second-order valence-electron chi connectivity index (χ2n) is 0. The molecular formula is H9Al2GaInP. The van der Waals surface area contributed by atoms with Gasteiger partial charge in [0, 0.05) is 0 Å². The number of hydrogen-bond acceptors (Lipinski definition) is 0. The fraction of sp³-hybridized carbons (Fsp3) is 0. The van der Waals surface area contributed by atoms with Gasteiger partial charge in [0.05, 0.1) is 0 Å². The Morgan fingerprint density at radius 2 is 1.20 bits per heavy atom. The van der Waals surface area contributed by atoms with Crippen LogP contribution < -0.4 is 0 Å². The van der Waals surface area contributed by atoms with Crippen LogP contribution in [0.25, 0.3) is 0 Å². The van der Waals surface area contributed by atoms with Gasteiger partial charge in [-0.2, -0.15) is 0 Å². The maximum atomic E-state index is 3.44. The van der Waals surface area contributed by atoms with E-state index in [0.29, 0.717) is 0 Å². The standard InChI is InChI=1S/2Al.Ga.In.P.9H. The van der Waals surface area contributed by atoms with Crippen LogP contribution in [0, 0.1) is 0 Å². The van der Waals surface area contributed by atoms with Gasteiger partial charge >= 0.3 is 68.0 Å². The summed E-state index contributed by atoms with van der Waals surface area (Å²) >= 11 is 2.11. The van der Waals surface area contributed by atoms with Gasteiger partial charge in [0.2, 0.25) is 0 Å². The van der Waals surface area contributed by atoms with Gasteiger partial charge in [-0.25, -0.2) is 0 Å². The Hall–Kier alpha value is 3.00. The zero-order valence-corrected chi connectivity index (χ0v) is 3.07. The van der Waals surface area contributed by atoms with Gasteiger partial charge in [-0.1, -0.05) is 0 Å². The molecule has 0 radical (unpaired) electrons. The van der Waals surface area contributed by atoms with Gasteiger partial charge in [-0.05, 0) is 0 Å². The molecule has 0 rings (SSSR count). The van der Waals surface area contributed by atoms with Gasteiger partial charge in [0.25, 0.3) is 0 Å². The molecule has 0 fully saturated rings. The molecule has 0 aliphatic heterocycles. The fourth-order valence-electron chi connectivity index (χ4n) is 0. The Kier molecular flexibility index (Phi) is 137. The third kappa shape index (κ3) is 19.4. The van der Waals surface area contributed by atoms with Crippen LogP contribution in [0.15, 0.2) is 0 Å². The molecular weight excluding hydrogens is 269 g/mol. The van der Waals surface area contributed by atoms with Crippen molar-refractivity contribution in [1.29, 1.82) is 0 Å².